The predicted molar refractivity (Wildman–Crippen MR) is 129 cm³/mol. The van der Waals surface area contributed by atoms with E-state index in [9.17, 15) is 18.3 Å². The number of hydrogen-bond acceptors (Lipinski definition) is 5. The van der Waals surface area contributed by atoms with Gasteiger partial charge in [0.25, 0.3) is 0 Å². The Bertz CT molecular complexity index is 1040. The smallest absolute Gasteiger partial charge is 0.335 e. The Labute approximate surface area is 196 Å². The summed E-state index contributed by atoms with van der Waals surface area (Å²) in [7, 11) is -3.78. The molecule has 0 amide bonds. The Morgan fingerprint density at radius 2 is 1.69 bits per heavy atom. The third kappa shape index (κ3) is 6.39. The van der Waals surface area contributed by atoms with Crippen molar-refractivity contribution in [3.05, 3.63) is 46.5 Å². The number of carbonyl (C=O) groups is 1. The van der Waals surface area contributed by atoms with Crippen molar-refractivity contribution in [2.75, 3.05) is 23.7 Å². The van der Waals surface area contributed by atoms with Crippen LogP contribution in [0.3, 0.4) is 0 Å². The van der Waals surface area contributed by atoms with E-state index in [0.29, 0.717) is 29.5 Å². The zero-order valence-corrected chi connectivity index (χ0v) is 20.7. The van der Waals surface area contributed by atoms with E-state index in [1.807, 2.05) is 17.9 Å². The summed E-state index contributed by atoms with van der Waals surface area (Å²) >= 11 is 6.38. The molecule has 8 heteroatoms. The topological polar surface area (TPSA) is 83.9 Å². The average molecular weight is 482 g/mol. The van der Waals surface area contributed by atoms with Crippen LogP contribution in [0.2, 0.25) is 5.02 Å². The van der Waals surface area contributed by atoms with Crippen LogP contribution in [0.25, 0.3) is 0 Å². The first-order valence-electron chi connectivity index (χ1n) is 11.0. The zero-order valence-electron chi connectivity index (χ0n) is 19.2. The molecule has 0 aliphatic rings. The fourth-order valence-electron chi connectivity index (χ4n) is 3.28. The van der Waals surface area contributed by atoms with Crippen LogP contribution >= 0.6 is 11.6 Å². The molecule has 0 aromatic heterocycles. The van der Waals surface area contributed by atoms with Crippen LogP contribution in [-0.4, -0.2) is 38.3 Å². The first kappa shape index (κ1) is 26.0. The monoisotopic (exact) mass is 481 g/mol. The molecule has 0 spiro atoms. The number of carboxylic acids is 1. The van der Waals surface area contributed by atoms with Crippen molar-refractivity contribution in [1.82, 2.24) is 0 Å². The maximum atomic E-state index is 13.0. The summed E-state index contributed by atoms with van der Waals surface area (Å²) in [6.07, 6.45) is 3.64. The van der Waals surface area contributed by atoms with Gasteiger partial charge in [0.05, 0.1) is 22.0 Å². The number of unbranched alkanes of at least 4 members (excludes halogenated alkanes) is 2. The van der Waals surface area contributed by atoms with E-state index in [0.717, 1.165) is 31.2 Å². The molecule has 2 aromatic carbocycles. The standard InChI is InChI=1S/C24H32ClNO5S/c1-5-8-12-26(13-9-6-2)20-15-18(24(27)28)16-22(32(29,30)7-3)23(20)31-21-11-10-17(4)14-19(21)25/h10-11,14-16H,5-9,12-13H2,1-4H3,(H,27,28). The van der Waals surface area contributed by atoms with E-state index in [1.54, 1.807) is 12.1 Å². The lowest BCUT2D eigenvalue weighted by atomic mass is 10.1. The highest BCUT2D eigenvalue weighted by atomic mass is 35.5. The molecule has 0 saturated carbocycles. The molecule has 32 heavy (non-hydrogen) atoms. The van der Waals surface area contributed by atoms with E-state index in [1.165, 1.54) is 19.1 Å². The number of ether oxygens (including phenoxy) is 1. The number of benzene rings is 2. The molecular weight excluding hydrogens is 450 g/mol. The molecule has 6 nitrogen and oxygen atoms in total. The molecule has 0 fully saturated rings. The maximum Gasteiger partial charge on any atom is 0.335 e. The van der Waals surface area contributed by atoms with Crippen LogP contribution in [0.5, 0.6) is 11.5 Å². The summed E-state index contributed by atoms with van der Waals surface area (Å²) in [5, 5.41) is 10.0. The van der Waals surface area contributed by atoms with Gasteiger partial charge in [-0.25, -0.2) is 13.2 Å². The normalized spacial score (nSPS) is 11.4. The Kier molecular flexibility index (Phi) is 9.40. The third-order valence-electron chi connectivity index (χ3n) is 5.20. The Morgan fingerprint density at radius 3 is 2.19 bits per heavy atom. The molecule has 2 rings (SSSR count). The Morgan fingerprint density at radius 1 is 1.06 bits per heavy atom. The molecule has 0 unspecified atom stereocenters. The molecule has 2 aromatic rings. The van der Waals surface area contributed by atoms with Gasteiger partial charge in [-0.3, -0.25) is 0 Å². The van der Waals surface area contributed by atoms with Gasteiger partial charge in [-0.15, -0.1) is 0 Å². The lowest BCUT2D eigenvalue weighted by molar-refractivity contribution is 0.0696. The Balaban J connectivity index is 2.80. The van der Waals surface area contributed by atoms with Crippen molar-refractivity contribution in [3.8, 4) is 11.5 Å². The van der Waals surface area contributed by atoms with Crippen LogP contribution in [0.15, 0.2) is 35.2 Å². The second-order valence-corrected chi connectivity index (χ2v) is 10.4. The number of nitrogens with zero attached hydrogens (tertiary/aromatic N) is 1. The van der Waals surface area contributed by atoms with Crippen LogP contribution in [-0.2, 0) is 9.84 Å². The van der Waals surface area contributed by atoms with Gasteiger partial charge in [-0.1, -0.05) is 51.3 Å². The first-order valence-corrected chi connectivity index (χ1v) is 13.0. The van der Waals surface area contributed by atoms with E-state index >= 15 is 0 Å². The quantitative estimate of drug-likeness (QED) is 0.380. The SMILES string of the molecule is CCCCN(CCCC)c1cc(C(=O)O)cc(S(=O)(=O)CC)c1Oc1ccc(C)cc1Cl. The number of aromatic carboxylic acids is 1. The largest absolute Gasteiger partial charge is 0.478 e. The molecule has 0 bridgehead atoms. The minimum Gasteiger partial charge on any atom is -0.478 e. The number of aryl methyl sites for hydroxylation is 1. The van der Waals surface area contributed by atoms with Crippen molar-refractivity contribution >= 4 is 33.1 Å². The van der Waals surface area contributed by atoms with Gasteiger partial charge in [-0.05, 0) is 49.6 Å². The molecular formula is C24H32ClNO5S. The van der Waals surface area contributed by atoms with Crippen LogP contribution in [0.1, 0.15) is 62.4 Å². The number of sulfone groups is 1. The number of halogens is 1. The fourth-order valence-corrected chi connectivity index (χ4v) is 4.60. The van der Waals surface area contributed by atoms with E-state index in [4.69, 9.17) is 16.3 Å². The fraction of sp³-hybridized carbons (Fsp3) is 0.458. The van der Waals surface area contributed by atoms with E-state index in [2.05, 4.69) is 13.8 Å². The van der Waals surface area contributed by atoms with Crippen molar-refractivity contribution in [2.45, 2.75) is 58.3 Å². The number of anilines is 1. The highest BCUT2D eigenvalue weighted by molar-refractivity contribution is 7.91. The molecule has 0 saturated heterocycles. The van der Waals surface area contributed by atoms with Crippen molar-refractivity contribution in [3.63, 3.8) is 0 Å². The summed E-state index contributed by atoms with van der Waals surface area (Å²) in [6, 6.07) is 7.94. The van der Waals surface area contributed by atoms with Crippen LogP contribution in [0, 0.1) is 6.92 Å². The first-order chi connectivity index (χ1) is 15.1. The molecule has 0 radical (unpaired) electrons. The number of rotatable bonds is 12. The van der Waals surface area contributed by atoms with Gasteiger partial charge >= 0.3 is 5.97 Å². The highest BCUT2D eigenvalue weighted by Gasteiger charge is 2.27. The summed E-state index contributed by atoms with van der Waals surface area (Å²) in [4.78, 5) is 13.7. The van der Waals surface area contributed by atoms with Crippen molar-refractivity contribution in [2.24, 2.45) is 0 Å². The Hall–Kier alpha value is -2.25. The summed E-state index contributed by atoms with van der Waals surface area (Å²) in [5.41, 5.74) is 1.31. The predicted octanol–water partition coefficient (Wildman–Crippen LogP) is 6.34. The molecule has 0 aliphatic carbocycles. The lowest BCUT2D eigenvalue weighted by Gasteiger charge is -2.28. The molecule has 176 valence electrons. The van der Waals surface area contributed by atoms with Gasteiger partial charge in [0.2, 0.25) is 0 Å². The van der Waals surface area contributed by atoms with Crippen molar-refractivity contribution in [1.29, 1.82) is 0 Å². The maximum absolute atomic E-state index is 13.0. The second-order valence-electron chi connectivity index (χ2n) is 7.76. The lowest BCUT2D eigenvalue weighted by Crippen LogP contribution is -2.27. The number of carboxylic acid groups (broad SMARTS) is 1. The van der Waals surface area contributed by atoms with Gasteiger partial charge in [0.1, 0.15) is 10.6 Å². The highest BCUT2D eigenvalue weighted by Crippen LogP contribution is 2.42. The summed E-state index contributed by atoms with van der Waals surface area (Å²) in [6.45, 7) is 8.88. The molecule has 1 N–H and O–H groups in total. The minimum absolute atomic E-state index is 0.0904. The second kappa shape index (κ2) is 11.6. The summed E-state index contributed by atoms with van der Waals surface area (Å²) < 4.78 is 32.2. The molecule has 0 aliphatic heterocycles. The van der Waals surface area contributed by atoms with Crippen LogP contribution in [0.4, 0.5) is 5.69 Å². The summed E-state index contributed by atoms with van der Waals surface area (Å²) in [5.74, 6) is -0.934. The third-order valence-corrected chi connectivity index (χ3v) is 7.23. The van der Waals surface area contributed by atoms with Gasteiger partial charge in [-0.2, -0.15) is 0 Å². The number of hydrogen-bond donors (Lipinski definition) is 1. The molecule has 0 atom stereocenters. The van der Waals surface area contributed by atoms with E-state index in [-0.39, 0.29) is 22.0 Å². The van der Waals surface area contributed by atoms with Gasteiger partial charge < -0.3 is 14.7 Å². The van der Waals surface area contributed by atoms with Gasteiger partial charge in [0.15, 0.2) is 15.6 Å². The van der Waals surface area contributed by atoms with Crippen LogP contribution < -0.4 is 9.64 Å². The van der Waals surface area contributed by atoms with E-state index < -0.39 is 15.8 Å². The van der Waals surface area contributed by atoms with Gasteiger partial charge in [0, 0.05) is 13.1 Å². The van der Waals surface area contributed by atoms with Crippen molar-refractivity contribution < 1.29 is 23.1 Å². The average Bonchev–Trinajstić information content (AvgIpc) is 2.75. The zero-order chi connectivity index (χ0) is 23.9. The molecule has 0 heterocycles. The minimum atomic E-state index is -3.78.